The summed E-state index contributed by atoms with van der Waals surface area (Å²) in [4.78, 5) is 11.8. The van der Waals surface area contributed by atoms with Crippen molar-refractivity contribution in [3.8, 4) is 0 Å². The SMILES string of the molecule is C=CC1(OC(=O)C(=C)C)CCCc2cccc(F)c21. The third-order valence-electron chi connectivity index (χ3n) is 3.47. The van der Waals surface area contributed by atoms with E-state index in [1.54, 1.807) is 13.0 Å². The van der Waals surface area contributed by atoms with Crippen LogP contribution in [0.1, 0.15) is 30.9 Å². The Balaban J connectivity index is 2.51. The summed E-state index contributed by atoms with van der Waals surface area (Å²) in [5.74, 6) is -0.873. The number of rotatable bonds is 3. The number of carbonyl (C=O) groups excluding carboxylic acids is 1. The Morgan fingerprint density at radius 1 is 1.53 bits per heavy atom. The summed E-state index contributed by atoms with van der Waals surface area (Å²) in [5, 5.41) is 0. The second-order valence-corrected chi connectivity index (χ2v) is 4.89. The van der Waals surface area contributed by atoms with Crippen molar-refractivity contribution in [1.82, 2.24) is 0 Å². The molecule has 2 rings (SSSR count). The molecule has 0 radical (unpaired) electrons. The first-order chi connectivity index (χ1) is 9.00. The molecule has 0 N–H and O–H groups in total. The molecule has 0 amide bonds. The molecular formula is C16H17FO2. The molecule has 0 aromatic heterocycles. The minimum Gasteiger partial charge on any atom is -0.446 e. The lowest BCUT2D eigenvalue weighted by Crippen LogP contribution is -2.35. The van der Waals surface area contributed by atoms with Gasteiger partial charge in [0.25, 0.3) is 0 Å². The van der Waals surface area contributed by atoms with Gasteiger partial charge in [-0.1, -0.05) is 25.3 Å². The molecule has 1 aliphatic rings. The fourth-order valence-corrected chi connectivity index (χ4v) is 2.52. The lowest BCUT2D eigenvalue weighted by molar-refractivity contribution is -0.152. The summed E-state index contributed by atoms with van der Waals surface area (Å²) in [6, 6.07) is 4.93. The molecule has 1 aromatic rings. The molecule has 1 aromatic carbocycles. The number of aryl methyl sites for hydroxylation is 1. The zero-order chi connectivity index (χ0) is 14.0. The van der Waals surface area contributed by atoms with Crippen LogP contribution in [0.3, 0.4) is 0 Å². The third kappa shape index (κ3) is 2.33. The van der Waals surface area contributed by atoms with Gasteiger partial charge in [0, 0.05) is 11.1 Å². The smallest absolute Gasteiger partial charge is 0.334 e. The molecule has 1 atom stereocenters. The van der Waals surface area contributed by atoms with Crippen molar-refractivity contribution in [2.75, 3.05) is 0 Å². The first-order valence-electron chi connectivity index (χ1n) is 6.30. The van der Waals surface area contributed by atoms with E-state index in [0.717, 1.165) is 18.4 Å². The van der Waals surface area contributed by atoms with Gasteiger partial charge in [0.1, 0.15) is 5.82 Å². The fourth-order valence-electron chi connectivity index (χ4n) is 2.52. The van der Waals surface area contributed by atoms with E-state index in [-0.39, 0.29) is 5.82 Å². The Kier molecular flexibility index (Phi) is 3.56. The number of halogens is 1. The van der Waals surface area contributed by atoms with Crippen LogP contribution in [-0.2, 0) is 21.6 Å². The van der Waals surface area contributed by atoms with Crippen LogP contribution in [0.4, 0.5) is 4.39 Å². The molecule has 2 nitrogen and oxygen atoms in total. The first-order valence-corrected chi connectivity index (χ1v) is 6.30. The standard InChI is InChI=1S/C16H17FO2/c1-4-16(19-15(18)11(2)3)10-6-8-12-7-5-9-13(17)14(12)16/h4-5,7,9H,1-2,6,8,10H2,3H3. The summed E-state index contributed by atoms with van der Waals surface area (Å²) in [6.07, 6.45) is 3.68. The number of benzene rings is 1. The van der Waals surface area contributed by atoms with Gasteiger partial charge in [-0.2, -0.15) is 0 Å². The number of esters is 1. The van der Waals surface area contributed by atoms with Crippen LogP contribution in [0.25, 0.3) is 0 Å². The molecule has 0 saturated carbocycles. The van der Waals surface area contributed by atoms with E-state index in [1.165, 1.54) is 12.1 Å². The first kappa shape index (κ1) is 13.5. The van der Waals surface area contributed by atoms with Crippen LogP contribution in [0.5, 0.6) is 0 Å². The summed E-state index contributed by atoms with van der Waals surface area (Å²) in [5.41, 5.74) is 0.533. The van der Waals surface area contributed by atoms with Gasteiger partial charge in [0.2, 0.25) is 0 Å². The topological polar surface area (TPSA) is 26.3 Å². The molecule has 0 fully saturated rings. The van der Waals surface area contributed by atoms with E-state index in [4.69, 9.17) is 4.74 Å². The number of hydrogen-bond acceptors (Lipinski definition) is 2. The van der Waals surface area contributed by atoms with Crippen molar-refractivity contribution in [2.45, 2.75) is 31.8 Å². The lowest BCUT2D eigenvalue weighted by Gasteiger charge is -2.36. The molecule has 0 saturated heterocycles. The minimum atomic E-state index is -1.07. The van der Waals surface area contributed by atoms with Gasteiger partial charge in [-0.15, -0.1) is 0 Å². The van der Waals surface area contributed by atoms with Crippen LogP contribution in [0.15, 0.2) is 43.0 Å². The Hall–Kier alpha value is -1.90. The molecule has 0 aliphatic heterocycles. The van der Waals surface area contributed by atoms with Crippen molar-refractivity contribution in [3.63, 3.8) is 0 Å². The normalized spacial score (nSPS) is 21.4. The Bertz CT molecular complexity index is 548. The van der Waals surface area contributed by atoms with Gasteiger partial charge in [0.05, 0.1) is 0 Å². The van der Waals surface area contributed by atoms with Crippen LogP contribution in [0, 0.1) is 5.82 Å². The number of fused-ring (bicyclic) bond motifs is 1. The highest BCUT2D eigenvalue weighted by atomic mass is 19.1. The molecule has 0 heterocycles. The number of ether oxygens (including phenoxy) is 1. The number of hydrogen-bond donors (Lipinski definition) is 0. The van der Waals surface area contributed by atoms with Crippen LogP contribution < -0.4 is 0 Å². The molecule has 1 unspecified atom stereocenters. The van der Waals surface area contributed by atoms with E-state index in [0.29, 0.717) is 17.6 Å². The van der Waals surface area contributed by atoms with E-state index in [2.05, 4.69) is 13.2 Å². The summed E-state index contributed by atoms with van der Waals surface area (Å²) < 4.78 is 19.6. The molecular weight excluding hydrogens is 243 g/mol. The van der Waals surface area contributed by atoms with Gasteiger partial charge in [0.15, 0.2) is 5.60 Å². The lowest BCUT2D eigenvalue weighted by atomic mass is 9.78. The van der Waals surface area contributed by atoms with Crippen LogP contribution in [-0.4, -0.2) is 5.97 Å². The second-order valence-electron chi connectivity index (χ2n) is 4.89. The van der Waals surface area contributed by atoms with Gasteiger partial charge in [-0.3, -0.25) is 0 Å². The zero-order valence-corrected chi connectivity index (χ0v) is 11.0. The maximum absolute atomic E-state index is 14.1. The van der Waals surface area contributed by atoms with Gasteiger partial charge < -0.3 is 4.74 Å². The van der Waals surface area contributed by atoms with Crippen molar-refractivity contribution in [2.24, 2.45) is 0 Å². The van der Waals surface area contributed by atoms with E-state index < -0.39 is 11.6 Å². The van der Waals surface area contributed by atoms with Gasteiger partial charge in [-0.05, 0) is 43.9 Å². The van der Waals surface area contributed by atoms with E-state index in [1.807, 2.05) is 6.07 Å². The Morgan fingerprint density at radius 3 is 2.89 bits per heavy atom. The van der Waals surface area contributed by atoms with Crippen molar-refractivity contribution < 1.29 is 13.9 Å². The summed E-state index contributed by atoms with van der Waals surface area (Å²) in [6.45, 7) is 8.87. The predicted octanol–water partition coefficient (Wildman–Crippen LogP) is 3.66. The molecule has 0 spiro atoms. The van der Waals surface area contributed by atoms with Crippen molar-refractivity contribution >= 4 is 5.97 Å². The molecule has 100 valence electrons. The highest BCUT2D eigenvalue weighted by Gasteiger charge is 2.40. The predicted molar refractivity (Wildman–Crippen MR) is 72.1 cm³/mol. The quantitative estimate of drug-likeness (QED) is 0.471. The second kappa shape index (κ2) is 5.00. The van der Waals surface area contributed by atoms with Crippen LogP contribution >= 0.6 is 0 Å². The average molecular weight is 260 g/mol. The highest BCUT2D eigenvalue weighted by molar-refractivity contribution is 5.87. The zero-order valence-electron chi connectivity index (χ0n) is 11.0. The minimum absolute atomic E-state index is 0.296. The van der Waals surface area contributed by atoms with Crippen molar-refractivity contribution in [3.05, 3.63) is 60.0 Å². The summed E-state index contributed by atoms with van der Waals surface area (Å²) >= 11 is 0. The molecule has 19 heavy (non-hydrogen) atoms. The maximum atomic E-state index is 14.1. The van der Waals surface area contributed by atoms with Crippen LogP contribution in [0.2, 0.25) is 0 Å². The molecule has 3 heteroatoms. The number of carbonyl (C=O) groups is 1. The third-order valence-corrected chi connectivity index (χ3v) is 3.47. The molecule has 0 bridgehead atoms. The Labute approximate surface area is 112 Å². The van der Waals surface area contributed by atoms with E-state index >= 15 is 0 Å². The van der Waals surface area contributed by atoms with Gasteiger partial charge >= 0.3 is 5.97 Å². The highest BCUT2D eigenvalue weighted by Crippen LogP contribution is 2.41. The van der Waals surface area contributed by atoms with Gasteiger partial charge in [-0.25, -0.2) is 9.18 Å². The summed E-state index contributed by atoms with van der Waals surface area (Å²) in [7, 11) is 0. The monoisotopic (exact) mass is 260 g/mol. The largest absolute Gasteiger partial charge is 0.446 e. The van der Waals surface area contributed by atoms with E-state index in [9.17, 15) is 9.18 Å². The average Bonchev–Trinajstić information content (AvgIpc) is 2.38. The fraction of sp³-hybridized carbons (Fsp3) is 0.312. The Morgan fingerprint density at radius 2 is 2.26 bits per heavy atom. The van der Waals surface area contributed by atoms with Crippen molar-refractivity contribution in [1.29, 1.82) is 0 Å². The maximum Gasteiger partial charge on any atom is 0.334 e. The molecule has 1 aliphatic carbocycles.